The van der Waals surface area contributed by atoms with Crippen LogP contribution in [0.15, 0.2) is 120 Å². The van der Waals surface area contributed by atoms with Gasteiger partial charge in [0.15, 0.2) is 0 Å². The lowest BCUT2D eigenvalue weighted by atomic mass is 9.96. The molecule has 0 radical (unpaired) electrons. The van der Waals surface area contributed by atoms with Gasteiger partial charge >= 0.3 is 0 Å². The number of pyridine rings is 3. The van der Waals surface area contributed by atoms with Crippen LogP contribution in [0.4, 0.5) is 0 Å². The summed E-state index contributed by atoms with van der Waals surface area (Å²) in [5, 5.41) is 5.88. The van der Waals surface area contributed by atoms with Crippen molar-refractivity contribution in [3.05, 3.63) is 126 Å². The third-order valence-electron chi connectivity index (χ3n) is 7.41. The fourth-order valence-corrected chi connectivity index (χ4v) is 5.76. The summed E-state index contributed by atoms with van der Waals surface area (Å²) in [6.45, 7) is 0. The number of para-hydroxylation sites is 1. The minimum absolute atomic E-state index is 0.0183. The number of rotatable bonds is 2. The van der Waals surface area contributed by atoms with E-state index >= 15 is 0 Å². The lowest BCUT2D eigenvalue weighted by Gasteiger charge is -2.12. The fourth-order valence-electron chi connectivity index (χ4n) is 5.76. The summed E-state index contributed by atoms with van der Waals surface area (Å²) >= 11 is 0. The van der Waals surface area contributed by atoms with Gasteiger partial charge in [-0.2, -0.15) is 0 Å². The maximum absolute atomic E-state index is 13.6. The smallest absolute Gasteiger partial charge is 0.263 e. The molecular formula is C33H19N3O. The summed E-state index contributed by atoms with van der Waals surface area (Å²) in [5.74, 6) is 0. The molecule has 4 aromatic carbocycles. The van der Waals surface area contributed by atoms with E-state index in [-0.39, 0.29) is 5.56 Å². The average molecular weight is 474 g/mol. The molecule has 37 heavy (non-hydrogen) atoms. The summed E-state index contributed by atoms with van der Waals surface area (Å²) in [6.07, 6.45) is 3.67. The molecule has 4 heterocycles. The highest BCUT2D eigenvalue weighted by Crippen LogP contribution is 2.39. The highest BCUT2D eigenvalue weighted by Gasteiger charge is 2.19. The summed E-state index contributed by atoms with van der Waals surface area (Å²) < 4.78 is 1.88. The number of hydrogen-bond acceptors (Lipinski definition) is 3. The molecule has 0 spiro atoms. The zero-order valence-corrected chi connectivity index (χ0v) is 19.7. The number of benzene rings is 4. The van der Waals surface area contributed by atoms with Crippen molar-refractivity contribution in [2.45, 2.75) is 0 Å². The normalized spacial score (nSPS) is 11.9. The molecular weight excluding hydrogens is 454 g/mol. The van der Waals surface area contributed by atoms with Gasteiger partial charge in [-0.25, -0.2) is 4.98 Å². The predicted octanol–water partition coefficient (Wildman–Crippen LogP) is 7.47. The molecule has 0 N–H and O–H groups in total. The van der Waals surface area contributed by atoms with E-state index in [1.165, 1.54) is 0 Å². The number of nitrogens with zero attached hydrogens (tertiary/aromatic N) is 3. The molecule has 0 saturated carbocycles. The Labute approximate surface area is 211 Å². The van der Waals surface area contributed by atoms with Crippen LogP contribution in [0.25, 0.3) is 71.3 Å². The van der Waals surface area contributed by atoms with Crippen molar-refractivity contribution < 1.29 is 0 Å². The van der Waals surface area contributed by atoms with Crippen LogP contribution in [-0.2, 0) is 0 Å². The van der Waals surface area contributed by atoms with E-state index < -0.39 is 0 Å². The first kappa shape index (κ1) is 20.1. The average Bonchev–Trinajstić information content (AvgIpc) is 3.30. The Morgan fingerprint density at radius 2 is 1.30 bits per heavy atom. The van der Waals surface area contributed by atoms with Gasteiger partial charge in [0, 0.05) is 44.9 Å². The van der Waals surface area contributed by atoms with Crippen molar-refractivity contribution in [2.24, 2.45) is 0 Å². The molecule has 0 saturated heterocycles. The molecule has 4 heteroatoms. The Balaban J connectivity index is 1.54. The van der Waals surface area contributed by atoms with Crippen LogP contribution in [0, 0.1) is 0 Å². The van der Waals surface area contributed by atoms with Crippen LogP contribution in [0.2, 0.25) is 0 Å². The lowest BCUT2D eigenvalue weighted by molar-refractivity contribution is 1.21. The standard InChI is InChI=1S/C33H19N3O/c37-33-24-12-5-4-10-22(24)26-16-21(17-27-23-11-6-7-13-31(23)36(33)32(26)27)30-18-25(20-8-2-1-3-9-20)28-19-34-15-14-29(28)35-30/h1-19H. The SMILES string of the molecule is O=c1c2ccccc2c2cc(-c3cc(-c4ccccc4)c4cnccc4n3)cc3c4ccccc4n1c23. The van der Waals surface area contributed by atoms with Crippen LogP contribution in [0.3, 0.4) is 0 Å². The largest absolute Gasteiger partial charge is 0.275 e. The van der Waals surface area contributed by atoms with Gasteiger partial charge in [-0.05, 0) is 52.9 Å². The van der Waals surface area contributed by atoms with Crippen LogP contribution < -0.4 is 5.56 Å². The van der Waals surface area contributed by atoms with E-state index in [1.807, 2.05) is 65.2 Å². The summed E-state index contributed by atoms with van der Waals surface area (Å²) in [4.78, 5) is 23.1. The van der Waals surface area contributed by atoms with Gasteiger partial charge in [0.2, 0.25) is 0 Å². The Morgan fingerprint density at radius 3 is 2.14 bits per heavy atom. The van der Waals surface area contributed by atoms with Crippen LogP contribution >= 0.6 is 0 Å². The molecule has 0 aliphatic rings. The second-order valence-corrected chi connectivity index (χ2v) is 9.44. The van der Waals surface area contributed by atoms with E-state index in [0.717, 1.165) is 71.3 Å². The summed E-state index contributed by atoms with van der Waals surface area (Å²) in [6, 6.07) is 34.9. The van der Waals surface area contributed by atoms with E-state index in [0.29, 0.717) is 0 Å². The van der Waals surface area contributed by atoms with Gasteiger partial charge in [-0.3, -0.25) is 14.2 Å². The van der Waals surface area contributed by atoms with Crippen molar-refractivity contribution in [3.8, 4) is 22.4 Å². The minimum Gasteiger partial charge on any atom is -0.275 e. The van der Waals surface area contributed by atoms with Crippen LogP contribution in [0.1, 0.15) is 0 Å². The molecule has 0 bridgehead atoms. The number of fused-ring (bicyclic) bond motifs is 6. The fraction of sp³-hybridized carbons (Fsp3) is 0. The Hall–Kier alpha value is -5.09. The van der Waals surface area contributed by atoms with E-state index in [9.17, 15) is 4.79 Å². The monoisotopic (exact) mass is 473 g/mol. The number of hydrogen-bond donors (Lipinski definition) is 0. The quantitative estimate of drug-likeness (QED) is 0.245. The zero-order chi connectivity index (χ0) is 24.5. The minimum atomic E-state index is 0.0183. The Bertz CT molecular complexity index is 2210. The molecule has 8 rings (SSSR count). The van der Waals surface area contributed by atoms with Gasteiger partial charge in [0.25, 0.3) is 5.56 Å². The van der Waals surface area contributed by atoms with Crippen molar-refractivity contribution in [1.82, 2.24) is 14.4 Å². The first-order valence-corrected chi connectivity index (χ1v) is 12.3. The summed E-state index contributed by atoms with van der Waals surface area (Å²) in [5.41, 5.74) is 6.94. The van der Waals surface area contributed by atoms with Crippen LogP contribution in [-0.4, -0.2) is 14.4 Å². The second kappa shape index (κ2) is 7.45. The summed E-state index contributed by atoms with van der Waals surface area (Å²) in [7, 11) is 0. The van der Waals surface area contributed by atoms with Crippen molar-refractivity contribution in [1.29, 1.82) is 0 Å². The molecule has 0 atom stereocenters. The third-order valence-corrected chi connectivity index (χ3v) is 7.41. The van der Waals surface area contributed by atoms with Crippen LogP contribution in [0.5, 0.6) is 0 Å². The number of aromatic nitrogens is 3. The van der Waals surface area contributed by atoms with E-state index in [1.54, 1.807) is 6.20 Å². The molecule has 172 valence electrons. The molecule has 0 unspecified atom stereocenters. The maximum Gasteiger partial charge on any atom is 0.263 e. The van der Waals surface area contributed by atoms with Crippen molar-refractivity contribution >= 4 is 48.9 Å². The lowest BCUT2D eigenvalue weighted by Crippen LogP contribution is -2.12. The maximum atomic E-state index is 13.6. The van der Waals surface area contributed by atoms with Gasteiger partial charge in [0.05, 0.1) is 22.2 Å². The molecule has 0 fully saturated rings. The highest BCUT2D eigenvalue weighted by molar-refractivity contribution is 6.21. The molecule has 0 aliphatic carbocycles. The van der Waals surface area contributed by atoms with Gasteiger partial charge in [-0.15, -0.1) is 0 Å². The molecule has 0 amide bonds. The predicted molar refractivity (Wildman–Crippen MR) is 151 cm³/mol. The van der Waals surface area contributed by atoms with Crippen molar-refractivity contribution in [2.75, 3.05) is 0 Å². The molecule has 4 aromatic heterocycles. The molecule has 0 aliphatic heterocycles. The Morgan fingerprint density at radius 1 is 0.595 bits per heavy atom. The topological polar surface area (TPSA) is 47.3 Å². The van der Waals surface area contributed by atoms with E-state index in [2.05, 4.69) is 53.5 Å². The molecule has 4 nitrogen and oxygen atoms in total. The van der Waals surface area contributed by atoms with Gasteiger partial charge in [-0.1, -0.05) is 66.7 Å². The molecule has 8 aromatic rings. The zero-order valence-electron chi connectivity index (χ0n) is 19.7. The van der Waals surface area contributed by atoms with Crippen molar-refractivity contribution in [3.63, 3.8) is 0 Å². The van der Waals surface area contributed by atoms with E-state index in [4.69, 9.17) is 4.98 Å². The van der Waals surface area contributed by atoms with Gasteiger partial charge < -0.3 is 0 Å². The first-order valence-electron chi connectivity index (χ1n) is 12.3. The first-order chi connectivity index (χ1) is 18.3. The van der Waals surface area contributed by atoms with Gasteiger partial charge in [0.1, 0.15) is 0 Å². The Kier molecular flexibility index (Phi) is 4.06. The highest BCUT2D eigenvalue weighted by atomic mass is 16.1. The second-order valence-electron chi connectivity index (χ2n) is 9.44. The third kappa shape index (κ3) is 2.81.